The maximum Gasteiger partial charge on any atom is 0.164 e. The fourth-order valence-electron chi connectivity index (χ4n) is 2.87. The Morgan fingerprint density at radius 2 is 1.72 bits per heavy atom. The minimum absolute atomic E-state index is 0.125. The summed E-state index contributed by atoms with van der Waals surface area (Å²) in [6.07, 6.45) is 1.56. The molecule has 5 heteroatoms. The average Bonchev–Trinajstić information content (AvgIpc) is 2.56. The molecule has 2 aliphatic heterocycles. The van der Waals surface area contributed by atoms with Gasteiger partial charge in [-0.05, 0) is 33.3 Å². The highest BCUT2D eigenvalue weighted by Gasteiger charge is 2.53. The first-order chi connectivity index (χ1) is 8.27. The van der Waals surface area contributed by atoms with E-state index in [0.29, 0.717) is 6.61 Å². The SMILES string of the molecule is CC1(C)OC2[C@@H](O1)[C@H](N)C=C1COC(C)(C)O[C@@H]12. The molecule has 0 aromatic carbocycles. The lowest BCUT2D eigenvalue weighted by molar-refractivity contribution is -0.273. The Labute approximate surface area is 107 Å². The molecule has 3 aliphatic rings. The molecule has 0 amide bonds. The lowest BCUT2D eigenvalue weighted by Gasteiger charge is -2.43. The van der Waals surface area contributed by atoms with Crippen LogP contribution in [-0.2, 0) is 18.9 Å². The Hall–Kier alpha value is -0.460. The highest BCUT2D eigenvalue weighted by Crippen LogP contribution is 2.41. The van der Waals surface area contributed by atoms with Crippen LogP contribution in [0.15, 0.2) is 11.6 Å². The summed E-state index contributed by atoms with van der Waals surface area (Å²) in [7, 11) is 0. The van der Waals surface area contributed by atoms with Gasteiger partial charge in [0.05, 0.1) is 12.6 Å². The van der Waals surface area contributed by atoms with Crippen LogP contribution in [0.3, 0.4) is 0 Å². The topological polar surface area (TPSA) is 62.9 Å². The number of rotatable bonds is 0. The molecule has 0 bridgehead atoms. The molecule has 2 N–H and O–H groups in total. The lowest BCUT2D eigenvalue weighted by Crippen LogP contribution is -2.56. The van der Waals surface area contributed by atoms with Gasteiger partial charge in [-0.1, -0.05) is 6.08 Å². The number of hydrogen-bond acceptors (Lipinski definition) is 5. The van der Waals surface area contributed by atoms with E-state index in [-0.39, 0.29) is 24.4 Å². The first-order valence-electron chi connectivity index (χ1n) is 6.41. The van der Waals surface area contributed by atoms with Crippen LogP contribution in [0.1, 0.15) is 27.7 Å². The summed E-state index contributed by atoms with van der Waals surface area (Å²) in [6, 6.07) is -0.170. The fourth-order valence-corrected chi connectivity index (χ4v) is 2.87. The predicted molar refractivity (Wildman–Crippen MR) is 64.8 cm³/mol. The molecule has 3 rings (SSSR count). The van der Waals surface area contributed by atoms with E-state index in [1.165, 1.54) is 0 Å². The summed E-state index contributed by atoms with van der Waals surface area (Å²) in [5, 5.41) is 0. The second kappa shape index (κ2) is 3.77. The van der Waals surface area contributed by atoms with Gasteiger partial charge in [0, 0.05) is 0 Å². The summed E-state index contributed by atoms with van der Waals surface area (Å²) in [5.74, 6) is -1.20. The molecule has 102 valence electrons. The normalized spacial score (nSPS) is 45.1. The highest BCUT2D eigenvalue weighted by atomic mass is 16.8. The Balaban J connectivity index is 1.91. The molecule has 0 aromatic rings. The van der Waals surface area contributed by atoms with E-state index in [4.69, 9.17) is 24.7 Å². The van der Waals surface area contributed by atoms with Gasteiger partial charge in [0.1, 0.15) is 18.3 Å². The van der Waals surface area contributed by atoms with E-state index >= 15 is 0 Å². The van der Waals surface area contributed by atoms with Crippen molar-refractivity contribution in [3.8, 4) is 0 Å². The van der Waals surface area contributed by atoms with Gasteiger partial charge in [-0.3, -0.25) is 0 Å². The van der Waals surface area contributed by atoms with Gasteiger partial charge in [0.15, 0.2) is 11.6 Å². The van der Waals surface area contributed by atoms with Crippen LogP contribution in [0.5, 0.6) is 0 Å². The summed E-state index contributed by atoms with van der Waals surface area (Å²) >= 11 is 0. The van der Waals surface area contributed by atoms with Crippen LogP contribution in [0.2, 0.25) is 0 Å². The van der Waals surface area contributed by atoms with Crippen LogP contribution in [0, 0.1) is 0 Å². The zero-order valence-corrected chi connectivity index (χ0v) is 11.3. The Kier molecular flexibility index (Phi) is 2.63. The zero-order chi connectivity index (χ0) is 13.1. The minimum Gasteiger partial charge on any atom is -0.346 e. The quantitative estimate of drug-likeness (QED) is 0.652. The molecule has 0 spiro atoms. The second-order valence-corrected chi connectivity index (χ2v) is 6.11. The van der Waals surface area contributed by atoms with E-state index in [1.54, 1.807) is 0 Å². The molecule has 2 saturated heterocycles. The Bertz CT molecular complexity index is 390. The second-order valence-electron chi connectivity index (χ2n) is 6.11. The number of nitrogens with two attached hydrogens (primary N) is 1. The third-order valence-electron chi connectivity index (χ3n) is 3.61. The van der Waals surface area contributed by atoms with Gasteiger partial charge < -0.3 is 24.7 Å². The molecular weight excluding hydrogens is 234 g/mol. The van der Waals surface area contributed by atoms with Crippen molar-refractivity contribution >= 4 is 0 Å². The van der Waals surface area contributed by atoms with Crippen molar-refractivity contribution in [2.75, 3.05) is 6.61 Å². The zero-order valence-electron chi connectivity index (χ0n) is 11.3. The predicted octanol–water partition coefficient (Wildman–Crippen LogP) is 0.925. The maximum atomic E-state index is 6.12. The molecule has 5 nitrogen and oxygen atoms in total. The minimum atomic E-state index is -0.609. The number of ether oxygens (including phenoxy) is 4. The van der Waals surface area contributed by atoms with Crippen molar-refractivity contribution < 1.29 is 18.9 Å². The summed E-state index contributed by atoms with van der Waals surface area (Å²) in [4.78, 5) is 0. The van der Waals surface area contributed by atoms with Crippen molar-refractivity contribution in [2.24, 2.45) is 5.73 Å². The lowest BCUT2D eigenvalue weighted by atomic mass is 9.88. The third-order valence-corrected chi connectivity index (χ3v) is 3.61. The van der Waals surface area contributed by atoms with E-state index in [2.05, 4.69) is 0 Å². The summed E-state index contributed by atoms with van der Waals surface area (Å²) in [6.45, 7) is 8.17. The molecule has 0 radical (unpaired) electrons. The molecule has 18 heavy (non-hydrogen) atoms. The van der Waals surface area contributed by atoms with E-state index in [1.807, 2.05) is 33.8 Å². The Morgan fingerprint density at radius 3 is 2.44 bits per heavy atom. The van der Waals surface area contributed by atoms with Crippen LogP contribution in [0.4, 0.5) is 0 Å². The van der Waals surface area contributed by atoms with Gasteiger partial charge in [0.25, 0.3) is 0 Å². The van der Waals surface area contributed by atoms with Gasteiger partial charge in [-0.15, -0.1) is 0 Å². The molecule has 2 heterocycles. The largest absolute Gasteiger partial charge is 0.346 e. The van der Waals surface area contributed by atoms with Crippen molar-refractivity contribution in [3.63, 3.8) is 0 Å². The molecule has 1 aliphatic carbocycles. The van der Waals surface area contributed by atoms with Crippen molar-refractivity contribution in [3.05, 3.63) is 11.6 Å². The van der Waals surface area contributed by atoms with E-state index in [0.717, 1.165) is 5.57 Å². The number of fused-ring (bicyclic) bond motifs is 3. The highest BCUT2D eigenvalue weighted by molar-refractivity contribution is 5.25. The summed E-state index contributed by atoms with van der Waals surface area (Å²) in [5.41, 5.74) is 7.18. The van der Waals surface area contributed by atoms with Crippen LogP contribution < -0.4 is 5.73 Å². The van der Waals surface area contributed by atoms with Gasteiger partial charge in [0.2, 0.25) is 0 Å². The van der Waals surface area contributed by atoms with Crippen LogP contribution in [-0.4, -0.2) is 42.5 Å². The first kappa shape index (κ1) is 12.6. The van der Waals surface area contributed by atoms with Crippen molar-refractivity contribution in [1.29, 1.82) is 0 Å². The molecular formula is C13H21NO4. The van der Waals surface area contributed by atoms with Gasteiger partial charge in [-0.2, -0.15) is 0 Å². The number of hydrogen-bond donors (Lipinski definition) is 1. The third kappa shape index (κ3) is 2.00. The first-order valence-corrected chi connectivity index (χ1v) is 6.41. The fraction of sp³-hybridized carbons (Fsp3) is 0.846. The van der Waals surface area contributed by atoms with Gasteiger partial charge >= 0.3 is 0 Å². The van der Waals surface area contributed by atoms with Crippen LogP contribution >= 0.6 is 0 Å². The smallest absolute Gasteiger partial charge is 0.164 e. The van der Waals surface area contributed by atoms with Crippen molar-refractivity contribution in [2.45, 2.75) is 63.6 Å². The monoisotopic (exact) mass is 255 g/mol. The van der Waals surface area contributed by atoms with Crippen molar-refractivity contribution in [1.82, 2.24) is 0 Å². The van der Waals surface area contributed by atoms with Crippen LogP contribution in [0.25, 0.3) is 0 Å². The average molecular weight is 255 g/mol. The Morgan fingerprint density at radius 1 is 1.06 bits per heavy atom. The maximum absolute atomic E-state index is 6.12. The standard InChI is InChI=1S/C13H21NO4/c1-12(2)15-6-7-5-8(14)10-11(9(7)16-12)18-13(3,4)17-10/h5,8-11H,6,14H2,1-4H3/t8-,9+,10+,11?/m1/s1. The van der Waals surface area contributed by atoms with E-state index in [9.17, 15) is 0 Å². The molecule has 4 atom stereocenters. The van der Waals surface area contributed by atoms with E-state index < -0.39 is 11.6 Å². The molecule has 0 aromatic heterocycles. The summed E-state index contributed by atoms with van der Waals surface area (Å²) < 4.78 is 23.5. The molecule has 2 fully saturated rings. The molecule has 0 saturated carbocycles. The van der Waals surface area contributed by atoms with Gasteiger partial charge in [-0.25, -0.2) is 0 Å². The molecule has 1 unspecified atom stereocenters.